The average molecular weight is 717 g/mol. The highest BCUT2D eigenvalue weighted by Crippen LogP contribution is 2.43. The number of nitrogens with zero attached hydrogens (tertiary/aromatic N) is 4. The summed E-state index contributed by atoms with van der Waals surface area (Å²) in [5.74, 6) is 1.90. The molecule has 5 heteroatoms. The highest BCUT2D eigenvalue weighted by molar-refractivity contribution is 6.18. The van der Waals surface area contributed by atoms with E-state index in [1.807, 2.05) is 72.8 Å². The standard InChI is InChI=1S/C51H32N4O/c1-4-15-33(16-5-1)36-29-30-43-42(32-36)47-39(24-13-26-44(47)55(43)45-27-14-25-41-40-23-10-11-28-46(40)56-48(41)45)37-21-12-22-38(31-37)51-53-49(34-17-6-2-7-18-34)52-50(54-51)35-19-8-3-9-20-35/h1-32H. The Morgan fingerprint density at radius 2 is 0.929 bits per heavy atom. The van der Waals surface area contributed by atoms with E-state index in [0.29, 0.717) is 17.5 Å². The maximum atomic E-state index is 6.62. The summed E-state index contributed by atoms with van der Waals surface area (Å²) in [4.78, 5) is 15.0. The van der Waals surface area contributed by atoms with Gasteiger partial charge in [0.1, 0.15) is 5.58 Å². The van der Waals surface area contributed by atoms with Gasteiger partial charge in [0.15, 0.2) is 23.1 Å². The molecular weight excluding hydrogens is 685 g/mol. The van der Waals surface area contributed by atoms with Crippen molar-refractivity contribution in [1.29, 1.82) is 0 Å². The summed E-state index contributed by atoms with van der Waals surface area (Å²) in [6, 6.07) is 67.5. The van der Waals surface area contributed by atoms with Crippen LogP contribution in [0.15, 0.2) is 199 Å². The monoisotopic (exact) mass is 716 g/mol. The van der Waals surface area contributed by atoms with Gasteiger partial charge in [0, 0.05) is 38.2 Å². The van der Waals surface area contributed by atoms with Crippen LogP contribution in [0.2, 0.25) is 0 Å². The van der Waals surface area contributed by atoms with Crippen molar-refractivity contribution in [3.05, 3.63) is 194 Å². The van der Waals surface area contributed by atoms with Crippen molar-refractivity contribution in [3.8, 4) is 62.1 Å². The van der Waals surface area contributed by atoms with Crippen LogP contribution in [0.4, 0.5) is 0 Å². The largest absolute Gasteiger partial charge is 0.454 e. The SMILES string of the molecule is c1ccc(-c2ccc3c(c2)c2c(-c4cccc(-c5nc(-c6ccccc6)nc(-c6ccccc6)n5)c4)cccc2n3-c2cccc3c2oc2ccccc23)cc1. The van der Waals surface area contributed by atoms with E-state index in [1.165, 1.54) is 5.56 Å². The van der Waals surface area contributed by atoms with Crippen molar-refractivity contribution in [2.24, 2.45) is 0 Å². The van der Waals surface area contributed by atoms with Crippen LogP contribution >= 0.6 is 0 Å². The van der Waals surface area contributed by atoms with E-state index in [9.17, 15) is 0 Å². The summed E-state index contributed by atoms with van der Waals surface area (Å²) in [6.07, 6.45) is 0. The number of fused-ring (bicyclic) bond motifs is 6. The smallest absolute Gasteiger partial charge is 0.164 e. The number of rotatable bonds is 6. The minimum atomic E-state index is 0.622. The van der Waals surface area contributed by atoms with Crippen molar-refractivity contribution in [3.63, 3.8) is 0 Å². The van der Waals surface area contributed by atoms with Gasteiger partial charge in [-0.1, -0.05) is 158 Å². The molecule has 0 fully saturated rings. The molecule has 0 aliphatic carbocycles. The number of hydrogen-bond donors (Lipinski definition) is 0. The zero-order valence-electron chi connectivity index (χ0n) is 30.2. The van der Waals surface area contributed by atoms with Crippen molar-refractivity contribution in [2.75, 3.05) is 0 Å². The van der Waals surface area contributed by atoms with E-state index >= 15 is 0 Å². The minimum Gasteiger partial charge on any atom is -0.454 e. The lowest BCUT2D eigenvalue weighted by Gasteiger charge is -2.11. The van der Waals surface area contributed by atoms with Crippen LogP contribution in [0.1, 0.15) is 0 Å². The number of hydrogen-bond acceptors (Lipinski definition) is 4. The van der Waals surface area contributed by atoms with Crippen molar-refractivity contribution < 1.29 is 4.42 Å². The van der Waals surface area contributed by atoms with E-state index in [0.717, 1.165) is 82.8 Å². The van der Waals surface area contributed by atoms with Crippen molar-refractivity contribution >= 4 is 43.7 Å². The van der Waals surface area contributed by atoms with E-state index in [4.69, 9.17) is 19.4 Å². The normalized spacial score (nSPS) is 11.6. The fraction of sp³-hybridized carbons (Fsp3) is 0. The van der Waals surface area contributed by atoms with Gasteiger partial charge < -0.3 is 8.98 Å². The van der Waals surface area contributed by atoms with Crippen LogP contribution in [-0.4, -0.2) is 19.5 Å². The molecule has 0 aliphatic rings. The van der Waals surface area contributed by atoms with Gasteiger partial charge >= 0.3 is 0 Å². The first-order valence-corrected chi connectivity index (χ1v) is 18.8. The van der Waals surface area contributed by atoms with Gasteiger partial charge in [0.05, 0.1) is 16.7 Å². The summed E-state index contributed by atoms with van der Waals surface area (Å²) >= 11 is 0. The Kier molecular flexibility index (Phi) is 7.42. The molecule has 5 nitrogen and oxygen atoms in total. The maximum absolute atomic E-state index is 6.62. The van der Waals surface area contributed by atoms with Crippen LogP contribution in [0.25, 0.3) is 106 Å². The average Bonchev–Trinajstić information content (AvgIpc) is 3.83. The predicted molar refractivity (Wildman–Crippen MR) is 229 cm³/mol. The Morgan fingerprint density at radius 3 is 1.66 bits per heavy atom. The molecular formula is C51H32N4O. The lowest BCUT2D eigenvalue weighted by atomic mass is 9.96. The molecule has 0 N–H and O–H groups in total. The zero-order valence-corrected chi connectivity index (χ0v) is 30.2. The summed E-state index contributed by atoms with van der Waals surface area (Å²) in [6.45, 7) is 0. The lowest BCUT2D eigenvalue weighted by molar-refractivity contribution is 0.666. The van der Waals surface area contributed by atoms with Gasteiger partial charge in [-0.15, -0.1) is 0 Å². The molecule has 0 atom stereocenters. The van der Waals surface area contributed by atoms with Crippen LogP contribution in [-0.2, 0) is 0 Å². The molecule has 0 saturated heterocycles. The molecule has 8 aromatic carbocycles. The van der Waals surface area contributed by atoms with Crippen LogP contribution in [0.5, 0.6) is 0 Å². The van der Waals surface area contributed by atoms with Gasteiger partial charge in [-0.3, -0.25) is 0 Å². The number of furan rings is 1. The van der Waals surface area contributed by atoms with Crippen LogP contribution in [0, 0.1) is 0 Å². The Labute approximate surface area is 322 Å². The molecule has 3 aromatic heterocycles. The molecule has 0 unspecified atom stereocenters. The van der Waals surface area contributed by atoms with E-state index in [-0.39, 0.29) is 0 Å². The van der Waals surface area contributed by atoms with Crippen LogP contribution in [0.3, 0.4) is 0 Å². The first-order chi connectivity index (χ1) is 27.8. The van der Waals surface area contributed by atoms with Gasteiger partial charge in [-0.2, -0.15) is 0 Å². The number of aromatic nitrogens is 4. The maximum Gasteiger partial charge on any atom is 0.164 e. The predicted octanol–water partition coefficient (Wildman–Crippen LogP) is 13.2. The highest BCUT2D eigenvalue weighted by atomic mass is 16.3. The molecule has 0 spiro atoms. The molecule has 0 amide bonds. The Bertz CT molecular complexity index is 3180. The Morgan fingerprint density at radius 1 is 0.357 bits per heavy atom. The third-order valence-electron chi connectivity index (χ3n) is 10.7. The fourth-order valence-electron chi connectivity index (χ4n) is 8.05. The first-order valence-electron chi connectivity index (χ1n) is 18.8. The third kappa shape index (κ3) is 5.29. The molecule has 56 heavy (non-hydrogen) atoms. The second-order valence-corrected chi connectivity index (χ2v) is 14.0. The second kappa shape index (κ2) is 13.0. The number of benzene rings is 8. The summed E-state index contributed by atoms with van der Waals surface area (Å²) in [7, 11) is 0. The lowest BCUT2D eigenvalue weighted by Crippen LogP contribution is -2.00. The van der Waals surface area contributed by atoms with Crippen LogP contribution < -0.4 is 0 Å². The van der Waals surface area contributed by atoms with E-state index < -0.39 is 0 Å². The Balaban J connectivity index is 1.15. The quantitative estimate of drug-likeness (QED) is 0.172. The van der Waals surface area contributed by atoms with Crippen molar-refractivity contribution in [1.82, 2.24) is 19.5 Å². The third-order valence-corrected chi connectivity index (χ3v) is 10.7. The van der Waals surface area contributed by atoms with Gasteiger partial charge in [-0.25, -0.2) is 15.0 Å². The molecule has 0 radical (unpaired) electrons. The molecule has 0 bridgehead atoms. The van der Waals surface area contributed by atoms with E-state index in [2.05, 4.69) is 126 Å². The molecule has 11 aromatic rings. The molecule has 0 saturated carbocycles. The number of para-hydroxylation sites is 2. The van der Waals surface area contributed by atoms with Gasteiger partial charge in [-0.05, 0) is 58.7 Å². The van der Waals surface area contributed by atoms with Gasteiger partial charge in [0.25, 0.3) is 0 Å². The topological polar surface area (TPSA) is 56.7 Å². The summed E-state index contributed by atoms with van der Waals surface area (Å²) in [5, 5.41) is 4.53. The second-order valence-electron chi connectivity index (χ2n) is 14.0. The first kappa shape index (κ1) is 31.9. The van der Waals surface area contributed by atoms with Crippen molar-refractivity contribution in [2.45, 2.75) is 0 Å². The fourth-order valence-corrected chi connectivity index (χ4v) is 8.05. The van der Waals surface area contributed by atoms with Gasteiger partial charge in [0.2, 0.25) is 0 Å². The summed E-state index contributed by atoms with van der Waals surface area (Å²) in [5.41, 5.74) is 12.3. The Hall–Kier alpha value is -7.63. The minimum absolute atomic E-state index is 0.622. The molecule has 3 heterocycles. The summed E-state index contributed by atoms with van der Waals surface area (Å²) < 4.78 is 8.98. The highest BCUT2D eigenvalue weighted by Gasteiger charge is 2.21. The molecule has 262 valence electrons. The molecule has 11 rings (SSSR count). The molecule has 0 aliphatic heterocycles. The zero-order chi connectivity index (χ0) is 37.0. The van der Waals surface area contributed by atoms with E-state index in [1.54, 1.807) is 0 Å².